The van der Waals surface area contributed by atoms with Gasteiger partial charge in [0.25, 0.3) is 11.8 Å². The fraction of sp³-hybridized carbons (Fsp3) is 0.214. The van der Waals surface area contributed by atoms with Gasteiger partial charge in [0, 0.05) is 25.0 Å². The summed E-state index contributed by atoms with van der Waals surface area (Å²) in [6, 6.07) is 4.76. The van der Waals surface area contributed by atoms with Gasteiger partial charge in [-0.05, 0) is 25.1 Å². The summed E-state index contributed by atoms with van der Waals surface area (Å²) < 4.78 is 0. The lowest BCUT2D eigenvalue weighted by atomic mass is 10.1. The predicted molar refractivity (Wildman–Crippen MR) is 84.3 cm³/mol. The number of anilines is 1. The molecule has 2 rings (SSSR count). The molecule has 0 saturated heterocycles. The lowest BCUT2D eigenvalue weighted by Crippen LogP contribution is -2.22. The summed E-state index contributed by atoms with van der Waals surface area (Å²) in [5, 5.41) is 5.53. The molecule has 0 spiro atoms. The van der Waals surface area contributed by atoms with E-state index in [9.17, 15) is 9.59 Å². The number of hydrogen-bond donors (Lipinski definition) is 1. The van der Waals surface area contributed by atoms with Crippen molar-refractivity contribution in [2.75, 3.05) is 19.4 Å². The Balaban J connectivity index is 2.25. The van der Waals surface area contributed by atoms with Gasteiger partial charge in [-0.3, -0.25) is 9.59 Å². The molecule has 0 aliphatic carbocycles. The Morgan fingerprint density at radius 2 is 2.05 bits per heavy atom. The van der Waals surface area contributed by atoms with Gasteiger partial charge in [0.15, 0.2) is 0 Å². The molecule has 1 aromatic heterocycles. The van der Waals surface area contributed by atoms with Crippen molar-refractivity contribution in [3.63, 3.8) is 0 Å². The maximum Gasteiger partial charge on any atom is 0.275 e. The van der Waals surface area contributed by atoms with E-state index in [1.54, 1.807) is 37.7 Å². The molecule has 2 aromatic rings. The maximum absolute atomic E-state index is 12.1. The van der Waals surface area contributed by atoms with Crippen LogP contribution in [0.15, 0.2) is 23.6 Å². The van der Waals surface area contributed by atoms with Crippen molar-refractivity contribution in [3.8, 4) is 0 Å². The Hall–Kier alpha value is -1.92. The van der Waals surface area contributed by atoms with Crippen molar-refractivity contribution < 1.29 is 9.59 Å². The Kier molecular flexibility index (Phi) is 4.59. The van der Waals surface area contributed by atoms with Gasteiger partial charge in [0.1, 0.15) is 5.69 Å². The van der Waals surface area contributed by atoms with Crippen LogP contribution in [0.5, 0.6) is 0 Å². The zero-order valence-corrected chi connectivity index (χ0v) is 13.4. The predicted octanol–water partition coefficient (Wildman–Crippen LogP) is 3.06. The zero-order chi connectivity index (χ0) is 15.6. The van der Waals surface area contributed by atoms with E-state index in [1.807, 2.05) is 6.92 Å². The molecule has 0 saturated carbocycles. The maximum atomic E-state index is 12.1. The van der Waals surface area contributed by atoms with Crippen LogP contribution in [0.25, 0.3) is 0 Å². The first kappa shape index (κ1) is 15.5. The molecule has 2 amide bonds. The van der Waals surface area contributed by atoms with Crippen LogP contribution in [0.4, 0.5) is 5.69 Å². The lowest BCUT2D eigenvalue weighted by molar-refractivity contribution is 0.0827. The molecule has 1 heterocycles. The van der Waals surface area contributed by atoms with Crippen molar-refractivity contribution in [3.05, 3.63) is 44.9 Å². The number of aryl methyl sites for hydroxylation is 1. The number of amides is 2. The first-order chi connectivity index (χ1) is 9.88. The number of carbonyl (C=O) groups excluding carboxylic acids is 2. The number of halogens is 1. The number of rotatable bonds is 3. The summed E-state index contributed by atoms with van der Waals surface area (Å²) in [6.07, 6.45) is 0. The van der Waals surface area contributed by atoms with E-state index in [2.05, 4.69) is 10.3 Å². The van der Waals surface area contributed by atoms with E-state index >= 15 is 0 Å². The first-order valence-electron chi connectivity index (χ1n) is 6.13. The average molecular weight is 324 g/mol. The smallest absolute Gasteiger partial charge is 0.275 e. The van der Waals surface area contributed by atoms with Gasteiger partial charge in [-0.1, -0.05) is 11.6 Å². The van der Waals surface area contributed by atoms with Gasteiger partial charge in [-0.25, -0.2) is 4.98 Å². The third-order valence-corrected chi connectivity index (χ3v) is 3.82. The second kappa shape index (κ2) is 6.24. The summed E-state index contributed by atoms with van der Waals surface area (Å²) in [6.45, 7) is 1.82. The van der Waals surface area contributed by atoms with Crippen LogP contribution in [0.2, 0.25) is 5.02 Å². The number of hydrogen-bond acceptors (Lipinski definition) is 4. The SMILES string of the molecule is Cc1nc(C(=O)Nc2cc(C(=O)N(C)C)ccc2Cl)cs1. The minimum absolute atomic E-state index is 0.160. The van der Waals surface area contributed by atoms with Gasteiger partial charge >= 0.3 is 0 Å². The highest BCUT2D eigenvalue weighted by Gasteiger charge is 2.14. The van der Waals surface area contributed by atoms with Gasteiger partial charge in [0.05, 0.1) is 15.7 Å². The van der Waals surface area contributed by atoms with Crippen LogP contribution in [-0.4, -0.2) is 35.8 Å². The summed E-state index contributed by atoms with van der Waals surface area (Å²) in [4.78, 5) is 29.6. The molecule has 110 valence electrons. The van der Waals surface area contributed by atoms with Crippen LogP contribution in [0, 0.1) is 6.92 Å². The van der Waals surface area contributed by atoms with E-state index < -0.39 is 0 Å². The zero-order valence-electron chi connectivity index (χ0n) is 11.8. The molecule has 0 aliphatic rings. The Morgan fingerprint density at radius 3 is 2.62 bits per heavy atom. The van der Waals surface area contributed by atoms with Crippen molar-refractivity contribution in [2.45, 2.75) is 6.92 Å². The van der Waals surface area contributed by atoms with E-state index in [1.165, 1.54) is 16.2 Å². The number of aromatic nitrogens is 1. The minimum Gasteiger partial charge on any atom is -0.345 e. The molecule has 1 N–H and O–H groups in total. The summed E-state index contributed by atoms with van der Waals surface area (Å²) in [5.41, 5.74) is 1.17. The minimum atomic E-state index is -0.351. The molecule has 21 heavy (non-hydrogen) atoms. The molecular formula is C14H14ClN3O2S. The molecule has 0 aliphatic heterocycles. The van der Waals surface area contributed by atoms with E-state index in [0.29, 0.717) is 22.0 Å². The largest absolute Gasteiger partial charge is 0.345 e. The van der Waals surface area contributed by atoms with Gasteiger partial charge in [0.2, 0.25) is 0 Å². The molecular weight excluding hydrogens is 310 g/mol. The number of nitrogens with one attached hydrogen (secondary N) is 1. The van der Waals surface area contributed by atoms with Crippen LogP contribution in [-0.2, 0) is 0 Å². The Labute approximate surface area is 131 Å². The van der Waals surface area contributed by atoms with Crippen molar-refractivity contribution in [1.29, 1.82) is 0 Å². The number of thiazole rings is 1. The summed E-state index contributed by atoms with van der Waals surface area (Å²) >= 11 is 7.45. The highest BCUT2D eigenvalue weighted by atomic mass is 35.5. The van der Waals surface area contributed by atoms with E-state index in [0.717, 1.165) is 5.01 Å². The van der Waals surface area contributed by atoms with Crippen molar-refractivity contribution in [2.24, 2.45) is 0 Å². The van der Waals surface area contributed by atoms with E-state index in [4.69, 9.17) is 11.6 Å². The fourth-order valence-electron chi connectivity index (χ4n) is 1.67. The van der Waals surface area contributed by atoms with Crippen LogP contribution < -0.4 is 5.32 Å². The number of carbonyl (C=O) groups is 2. The molecule has 1 aromatic carbocycles. The van der Waals surface area contributed by atoms with Crippen LogP contribution in [0.3, 0.4) is 0 Å². The Bertz CT molecular complexity index is 697. The van der Waals surface area contributed by atoms with Crippen LogP contribution in [0.1, 0.15) is 25.9 Å². The summed E-state index contributed by atoms with van der Waals surface area (Å²) in [7, 11) is 3.32. The first-order valence-corrected chi connectivity index (χ1v) is 7.39. The van der Waals surface area contributed by atoms with Gasteiger partial charge in [-0.15, -0.1) is 11.3 Å². The fourth-order valence-corrected chi connectivity index (χ4v) is 2.42. The third kappa shape index (κ3) is 3.59. The normalized spacial score (nSPS) is 10.3. The molecule has 5 nitrogen and oxygen atoms in total. The Morgan fingerprint density at radius 1 is 1.33 bits per heavy atom. The molecule has 0 atom stereocenters. The molecule has 0 radical (unpaired) electrons. The lowest BCUT2D eigenvalue weighted by Gasteiger charge is -2.12. The summed E-state index contributed by atoms with van der Waals surface area (Å²) in [5.74, 6) is -0.512. The molecule has 0 unspecified atom stereocenters. The highest BCUT2D eigenvalue weighted by molar-refractivity contribution is 7.09. The van der Waals surface area contributed by atoms with Gasteiger partial charge < -0.3 is 10.2 Å². The molecule has 0 fully saturated rings. The van der Waals surface area contributed by atoms with Crippen molar-refractivity contribution in [1.82, 2.24) is 9.88 Å². The quantitative estimate of drug-likeness (QED) is 0.944. The van der Waals surface area contributed by atoms with Crippen molar-refractivity contribution >= 4 is 40.4 Å². The second-order valence-corrected chi connectivity index (χ2v) is 6.07. The number of nitrogens with zero attached hydrogens (tertiary/aromatic N) is 2. The monoisotopic (exact) mass is 323 g/mol. The highest BCUT2D eigenvalue weighted by Crippen LogP contribution is 2.24. The standard InChI is InChI=1S/C14H14ClN3O2S/c1-8-16-12(7-21-8)13(19)17-11-6-9(4-5-10(11)15)14(20)18(2)3/h4-7H,1-3H3,(H,17,19). The van der Waals surface area contributed by atoms with Gasteiger partial charge in [-0.2, -0.15) is 0 Å². The third-order valence-electron chi connectivity index (χ3n) is 2.72. The van der Waals surface area contributed by atoms with Crippen LogP contribution >= 0.6 is 22.9 Å². The number of benzene rings is 1. The van der Waals surface area contributed by atoms with E-state index in [-0.39, 0.29) is 11.8 Å². The average Bonchev–Trinajstić information content (AvgIpc) is 2.87. The molecule has 0 bridgehead atoms. The molecule has 7 heteroatoms. The topological polar surface area (TPSA) is 62.3 Å². The second-order valence-electron chi connectivity index (χ2n) is 4.60.